The van der Waals surface area contributed by atoms with Crippen molar-refractivity contribution in [3.63, 3.8) is 0 Å². The number of primary amides is 1. The maximum Gasteiger partial charge on any atom is 0.255 e. The number of amides is 1. The third-order valence-corrected chi connectivity index (χ3v) is 1.87. The number of hydrogen-bond donors (Lipinski definition) is 2. The fourth-order valence-corrected chi connectivity index (χ4v) is 1.06. The SMILES string of the molecule is CC(C)NCc1ccc(OCC(N)=O)cn1. The summed E-state index contributed by atoms with van der Waals surface area (Å²) in [7, 11) is 0. The van der Waals surface area contributed by atoms with Gasteiger partial charge < -0.3 is 15.8 Å². The van der Waals surface area contributed by atoms with E-state index in [-0.39, 0.29) is 6.61 Å². The van der Waals surface area contributed by atoms with Crippen LogP contribution in [0.4, 0.5) is 0 Å². The van der Waals surface area contributed by atoms with Crippen molar-refractivity contribution in [1.82, 2.24) is 10.3 Å². The molecule has 0 spiro atoms. The van der Waals surface area contributed by atoms with Crippen LogP contribution in [-0.2, 0) is 11.3 Å². The third-order valence-electron chi connectivity index (χ3n) is 1.87. The lowest BCUT2D eigenvalue weighted by Crippen LogP contribution is -2.22. The van der Waals surface area contributed by atoms with Crippen LogP contribution in [0.15, 0.2) is 18.3 Å². The van der Waals surface area contributed by atoms with Crippen LogP contribution in [0.5, 0.6) is 5.75 Å². The van der Waals surface area contributed by atoms with Gasteiger partial charge in [0.05, 0.1) is 11.9 Å². The minimum absolute atomic E-state index is 0.120. The van der Waals surface area contributed by atoms with E-state index in [4.69, 9.17) is 10.5 Å². The van der Waals surface area contributed by atoms with Gasteiger partial charge in [-0.15, -0.1) is 0 Å². The number of rotatable bonds is 6. The minimum Gasteiger partial charge on any atom is -0.482 e. The van der Waals surface area contributed by atoms with Gasteiger partial charge in [0.25, 0.3) is 5.91 Å². The van der Waals surface area contributed by atoms with E-state index in [1.54, 1.807) is 12.3 Å². The molecule has 5 nitrogen and oxygen atoms in total. The molecule has 3 N–H and O–H groups in total. The summed E-state index contributed by atoms with van der Waals surface area (Å²) in [6.07, 6.45) is 1.58. The van der Waals surface area contributed by atoms with Gasteiger partial charge in [0.2, 0.25) is 0 Å². The van der Waals surface area contributed by atoms with Gasteiger partial charge in [0.1, 0.15) is 5.75 Å². The second-order valence-corrected chi connectivity index (χ2v) is 3.78. The standard InChI is InChI=1S/C11H17N3O2/c1-8(2)13-5-9-3-4-10(6-14-9)16-7-11(12)15/h3-4,6,8,13H,5,7H2,1-2H3,(H2,12,15). The molecule has 0 bridgehead atoms. The summed E-state index contributed by atoms with van der Waals surface area (Å²) in [6.45, 7) is 4.74. The van der Waals surface area contributed by atoms with Gasteiger partial charge in [-0.2, -0.15) is 0 Å². The average Bonchev–Trinajstić information content (AvgIpc) is 2.25. The highest BCUT2D eigenvalue weighted by atomic mass is 16.5. The Hall–Kier alpha value is -1.62. The van der Waals surface area contributed by atoms with Crippen LogP contribution in [-0.4, -0.2) is 23.5 Å². The molecule has 1 aromatic rings. The fraction of sp³-hybridized carbons (Fsp3) is 0.455. The Morgan fingerprint density at radius 1 is 1.56 bits per heavy atom. The van der Waals surface area contributed by atoms with E-state index in [2.05, 4.69) is 24.1 Å². The lowest BCUT2D eigenvalue weighted by Gasteiger charge is -2.08. The van der Waals surface area contributed by atoms with Gasteiger partial charge >= 0.3 is 0 Å². The van der Waals surface area contributed by atoms with Crippen LogP contribution >= 0.6 is 0 Å². The van der Waals surface area contributed by atoms with Crippen LogP contribution in [0, 0.1) is 0 Å². The first-order valence-electron chi connectivity index (χ1n) is 5.17. The predicted molar refractivity (Wildman–Crippen MR) is 60.9 cm³/mol. The molecule has 0 radical (unpaired) electrons. The number of nitrogens with one attached hydrogen (secondary N) is 1. The molecule has 5 heteroatoms. The van der Waals surface area contributed by atoms with Crippen molar-refractivity contribution in [2.75, 3.05) is 6.61 Å². The van der Waals surface area contributed by atoms with Crippen LogP contribution in [0.2, 0.25) is 0 Å². The zero-order chi connectivity index (χ0) is 12.0. The van der Waals surface area contributed by atoms with E-state index in [1.807, 2.05) is 6.07 Å². The number of ether oxygens (including phenoxy) is 1. The topological polar surface area (TPSA) is 77.2 Å². The van der Waals surface area contributed by atoms with E-state index >= 15 is 0 Å². The number of aromatic nitrogens is 1. The predicted octanol–water partition coefficient (Wildman–Crippen LogP) is 0.444. The summed E-state index contributed by atoms with van der Waals surface area (Å²) in [6, 6.07) is 4.05. The lowest BCUT2D eigenvalue weighted by molar-refractivity contribution is -0.119. The monoisotopic (exact) mass is 223 g/mol. The van der Waals surface area contributed by atoms with Gasteiger partial charge in [-0.3, -0.25) is 9.78 Å². The zero-order valence-corrected chi connectivity index (χ0v) is 9.56. The molecule has 0 saturated heterocycles. The maximum absolute atomic E-state index is 10.5. The van der Waals surface area contributed by atoms with Crippen LogP contribution in [0.3, 0.4) is 0 Å². The summed E-state index contributed by atoms with van der Waals surface area (Å²) >= 11 is 0. The number of pyridine rings is 1. The normalized spacial score (nSPS) is 10.4. The van der Waals surface area contributed by atoms with Gasteiger partial charge in [0.15, 0.2) is 6.61 Å². The van der Waals surface area contributed by atoms with Gasteiger partial charge in [-0.25, -0.2) is 0 Å². The third kappa shape index (κ3) is 4.75. The molecule has 1 aromatic heterocycles. The van der Waals surface area contributed by atoms with Crippen LogP contribution in [0.25, 0.3) is 0 Å². The Balaban J connectivity index is 2.44. The average molecular weight is 223 g/mol. The Morgan fingerprint density at radius 2 is 2.31 bits per heavy atom. The van der Waals surface area contributed by atoms with Crippen molar-refractivity contribution < 1.29 is 9.53 Å². The van der Waals surface area contributed by atoms with E-state index < -0.39 is 5.91 Å². The highest BCUT2D eigenvalue weighted by Gasteiger charge is 2.00. The minimum atomic E-state index is -0.495. The van der Waals surface area contributed by atoms with Crippen molar-refractivity contribution in [2.24, 2.45) is 5.73 Å². The summed E-state index contributed by atoms with van der Waals surface area (Å²) in [5.74, 6) is 0.0534. The first-order chi connectivity index (χ1) is 7.58. The molecule has 0 atom stereocenters. The van der Waals surface area contributed by atoms with Gasteiger partial charge in [0, 0.05) is 12.6 Å². The molecule has 0 aliphatic heterocycles. The summed E-state index contributed by atoms with van der Waals surface area (Å²) in [4.78, 5) is 14.7. The second kappa shape index (κ2) is 6.07. The van der Waals surface area contributed by atoms with Crippen LogP contribution < -0.4 is 15.8 Å². The van der Waals surface area contributed by atoms with E-state index in [0.29, 0.717) is 18.3 Å². The quantitative estimate of drug-likeness (QED) is 0.733. The van der Waals surface area contributed by atoms with Gasteiger partial charge in [-0.05, 0) is 12.1 Å². The molecular formula is C11H17N3O2. The van der Waals surface area contributed by atoms with E-state index in [0.717, 1.165) is 5.69 Å². The Bertz CT molecular complexity index is 336. The van der Waals surface area contributed by atoms with Crippen molar-refractivity contribution in [3.8, 4) is 5.75 Å². The number of carbonyl (C=O) groups excluding carboxylic acids is 1. The molecule has 0 aliphatic rings. The molecule has 1 rings (SSSR count). The molecule has 16 heavy (non-hydrogen) atoms. The number of nitrogens with zero attached hydrogens (tertiary/aromatic N) is 1. The maximum atomic E-state index is 10.5. The lowest BCUT2D eigenvalue weighted by atomic mass is 10.3. The number of nitrogens with two attached hydrogens (primary N) is 1. The molecule has 1 heterocycles. The Kier molecular flexibility index (Phi) is 4.72. The first kappa shape index (κ1) is 12.4. The fourth-order valence-electron chi connectivity index (χ4n) is 1.06. The van der Waals surface area contributed by atoms with E-state index in [9.17, 15) is 4.79 Å². The first-order valence-corrected chi connectivity index (χ1v) is 5.17. The molecule has 0 unspecified atom stereocenters. The van der Waals surface area contributed by atoms with E-state index in [1.165, 1.54) is 0 Å². The van der Waals surface area contributed by atoms with Crippen molar-refractivity contribution in [1.29, 1.82) is 0 Å². The molecule has 0 saturated carbocycles. The Morgan fingerprint density at radius 3 is 2.81 bits per heavy atom. The van der Waals surface area contributed by atoms with Crippen molar-refractivity contribution >= 4 is 5.91 Å². The Labute approximate surface area is 95.0 Å². The highest BCUT2D eigenvalue weighted by molar-refractivity contribution is 5.75. The molecule has 0 aromatic carbocycles. The molecule has 0 fully saturated rings. The number of hydrogen-bond acceptors (Lipinski definition) is 4. The summed E-state index contributed by atoms with van der Waals surface area (Å²) in [5.41, 5.74) is 5.89. The van der Waals surface area contributed by atoms with Crippen molar-refractivity contribution in [3.05, 3.63) is 24.0 Å². The number of carbonyl (C=O) groups is 1. The van der Waals surface area contributed by atoms with Crippen LogP contribution in [0.1, 0.15) is 19.5 Å². The molecule has 0 aliphatic carbocycles. The molecular weight excluding hydrogens is 206 g/mol. The summed E-state index contributed by atoms with van der Waals surface area (Å²) < 4.78 is 5.09. The largest absolute Gasteiger partial charge is 0.482 e. The van der Waals surface area contributed by atoms with Gasteiger partial charge in [-0.1, -0.05) is 13.8 Å². The smallest absolute Gasteiger partial charge is 0.255 e. The molecule has 88 valence electrons. The highest BCUT2D eigenvalue weighted by Crippen LogP contribution is 2.08. The van der Waals surface area contributed by atoms with Crippen molar-refractivity contribution in [2.45, 2.75) is 26.4 Å². The molecule has 1 amide bonds. The second-order valence-electron chi connectivity index (χ2n) is 3.78. The summed E-state index contributed by atoms with van der Waals surface area (Å²) in [5, 5.41) is 3.25. The zero-order valence-electron chi connectivity index (χ0n) is 9.56.